The van der Waals surface area contributed by atoms with Crippen LogP contribution < -0.4 is 5.32 Å². The van der Waals surface area contributed by atoms with Crippen LogP contribution in [-0.2, 0) is 17.8 Å². The highest BCUT2D eigenvalue weighted by Crippen LogP contribution is 2.15. The van der Waals surface area contributed by atoms with Gasteiger partial charge in [-0.1, -0.05) is 17.3 Å². The van der Waals surface area contributed by atoms with Crippen molar-refractivity contribution in [2.75, 3.05) is 14.1 Å². The zero-order valence-electron chi connectivity index (χ0n) is 14.5. The van der Waals surface area contributed by atoms with Gasteiger partial charge in [-0.15, -0.1) is 0 Å². The van der Waals surface area contributed by atoms with Crippen molar-refractivity contribution in [3.05, 3.63) is 52.4 Å². The summed E-state index contributed by atoms with van der Waals surface area (Å²) in [4.78, 5) is 25.5. The number of amides is 2. The minimum atomic E-state index is -0.120. The molecule has 2 rings (SSSR count). The minimum Gasteiger partial charge on any atom is -0.361 e. The van der Waals surface area contributed by atoms with Crippen molar-refractivity contribution in [2.24, 2.45) is 0 Å². The summed E-state index contributed by atoms with van der Waals surface area (Å²) in [7, 11) is 3.38. The summed E-state index contributed by atoms with van der Waals surface area (Å²) in [6.07, 6.45) is 1.04. The molecule has 128 valence electrons. The van der Waals surface area contributed by atoms with Gasteiger partial charge < -0.3 is 14.7 Å². The molecule has 0 aliphatic carbocycles. The summed E-state index contributed by atoms with van der Waals surface area (Å²) in [6.45, 7) is 4.25. The van der Waals surface area contributed by atoms with Gasteiger partial charge in [0.05, 0.1) is 5.69 Å². The van der Waals surface area contributed by atoms with Crippen molar-refractivity contribution >= 4 is 11.8 Å². The highest BCUT2D eigenvalue weighted by Gasteiger charge is 2.14. The monoisotopic (exact) mass is 329 g/mol. The molecule has 1 aromatic heterocycles. The predicted molar refractivity (Wildman–Crippen MR) is 90.6 cm³/mol. The van der Waals surface area contributed by atoms with Crippen LogP contribution in [0.15, 0.2) is 28.8 Å². The fraction of sp³-hybridized carbons (Fsp3) is 0.389. The third-order valence-corrected chi connectivity index (χ3v) is 4.06. The Bertz CT molecular complexity index is 700. The highest BCUT2D eigenvalue weighted by molar-refractivity contribution is 5.93. The van der Waals surface area contributed by atoms with E-state index in [9.17, 15) is 9.59 Å². The van der Waals surface area contributed by atoms with E-state index in [2.05, 4.69) is 10.5 Å². The Labute approximate surface area is 141 Å². The number of carbonyl (C=O) groups is 2. The van der Waals surface area contributed by atoms with Crippen LogP contribution in [0.2, 0.25) is 0 Å². The molecule has 0 atom stereocenters. The Kier molecular flexibility index (Phi) is 5.73. The Morgan fingerprint density at radius 3 is 2.42 bits per heavy atom. The largest absolute Gasteiger partial charge is 0.361 e. The number of carbonyl (C=O) groups excluding carboxylic acids is 2. The molecule has 0 fully saturated rings. The molecule has 24 heavy (non-hydrogen) atoms. The number of nitrogens with zero attached hydrogens (tertiary/aromatic N) is 2. The maximum atomic E-state index is 12.3. The molecule has 0 radical (unpaired) electrons. The van der Waals surface area contributed by atoms with Crippen LogP contribution >= 0.6 is 0 Å². The Balaban J connectivity index is 1.90. The van der Waals surface area contributed by atoms with Crippen molar-refractivity contribution in [2.45, 2.75) is 33.2 Å². The van der Waals surface area contributed by atoms with Crippen molar-refractivity contribution < 1.29 is 14.1 Å². The molecule has 1 heterocycles. The molecule has 0 unspecified atom stereocenters. The molecular formula is C18H23N3O3. The standard InChI is InChI=1S/C18H23N3O3/c1-12-16(13(2)24-20-12)9-10-17(22)21(4)11-14-5-7-15(8-6-14)18(23)19-3/h5-8H,9-11H2,1-4H3,(H,19,23). The third-order valence-electron chi connectivity index (χ3n) is 4.06. The third kappa shape index (κ3) is 4.22. The van der Waals surface area contributed by atoms with Crippen LogP contribution in [-0.4, -0.2) is 36.0 Å². The van der Waals surface area contributed by atoms with Gasteiger partial charge in [0.1, 0.15) is 5.76 Å². The second-order valence-electron chi connectivity index (χ2n) is 5.83. The van der Waals surface area contributed by atoms with Gasteiger partial charge in [-0.2, -0.15) is 0 Å². The average Bonchev–Trinajstić information content (AvgIpc) is 2.90. The van der Waals surface area contributed by atoms with Gasteiger partial charge in [0, 0.05) is 38.2 Å². The molecule has 2 aromatic rings. The van der Waals surface area contributed by atoms with E-state index in [1.807, 2.05) is 26.0 Å². The summed E-state index contributed by atoms with van der Waals surface area (Å²) in [5.74, 6) is 0.712. The molecule has 0 spiro atoms. The fourth-order valence-corrected chi connectivity index (χ4v) is 2.55. The molecule has 2 amide bonds. The number of benzene rings is 1. The van der Waals surface area contributed by atoms with Crippen LogP contribution in [0.3, 0.4) is 0 Å². The van der Waals surface area contributed by atoms with Crippen molar-refractivity contribution in [3.8, 4) is 0 Å². The maximum Gasteiger partial charge on any atom is 0.251 e. The number of aromatic nitrogens is 1. The summed E-state index contributed by atoms with van der Waals surface area (Å²) in [5, 5.41) is 6.49. The summed E-state index contributed by atoms with van der Waals surface area (Å²) < 4.78 is 5.12. The number of nitrogens with one attached hydrogen (secondary N) is 1. The lowest BCUT2D eigenvalue weighted by molar-refractivity contribution is -0.130. The zero-order valence-corrected chi connectivity index (χ0v) is 14.5. The summed E-state index contributed by atoms with van der Waals surface area (Å²) in [5.41, 5.74) is 3.43. The van der Waals surface area contributed by atoms with E-state index < -0.39 is 0 Å². The Morgan fingerprint density at radius 2 is 1.88 bits per heavy atom. The quantitative estimate of drug-likeness (QED) is 0.882. The number of hydrogen-bond donors (Lipinski definition) is 1. The maximum absolute atomic E-state index is 12.3. The predicted octanol–water partition coefficient (Wildman–Crippen LogP) is 2.24. The molecular weight excluding hydrogens is 306 g/mol. The van der Waals surface area contributed by atoms with Gasteiger partial charge in [0.15, 0.2) is 0 Å². The van der Waals surface area contributed by atoms with E-state index >= 15 is 0 Å². The van der Waals surface area contributed by atoms with Crippen molar-refractivity contribution in [3.63, 3.8) is 0 Å². The van der Waals surface area contributed by atoms with Crippen LogP contribution in [0.4, 0.5) is 0 Å². The average molecular weight is 329 g/mol. The lowest BCUT2D eigenvalue weighted by atomic mass is 10.1. The van der Waals surface area contributed by atoms with Gasteiger partial charge >= 0.3 is 0 Å². The molecule has 0 bridgehead atoms. The van der Waals surface area contributed by atoms with E-state index in [0.29, 0.717) is 24.9 Å². The normalized spacial score (nSPS) is 10.5. The number of rotatable bonds is 6. The van der Waals surface area contributed by atoms with Gasteiger partial charge in [0.25, 0.3) is 5.91 Å². The molecule has 1 N–H and O–H groups in total. The Morgan fingerprint density at radius 1 is 1.21 bits per heavy atom. The Hall–Kier alpha value is -2.63. The molecule has 0 aliphatic rings. The summed E-state index contributed by atoms with van der Waals surface area (Å²) in [6, 6.07) is 7.25. The first kappa shape index (κ1) is 17.7. The molecule has 0 aliphatic heterocycles. The number of aryl methyl sites for hydroxylation is 2. The zero-order chi connectivity index (χ0) is 17.7. The van der Waals surface area contributed by atoms with Crippen LogP contribution in [0.1, 0.15) is 39.4 Å². The van der Waals surface area contributed by atoms with Gasteiger partial charge in [0.2, 0.25) is 5.91 Å². The van der Waals surface area contributed by atoms with Crippen molar-refractivity contribution in [1.29, 1.82) is 0 Å². The lowest BCUT2D eigenvalue weighted by Crippen LogP contribution is -2.26. The second kappa shape index (κ2) is 7.77. The van der Waals surface area contributed by atoms with E-state index in [0.717, 1.165) is 22.6 Å². The SMILES string of the molecule is CNC(=O)c1ccc(CN(C)C(=O)CCc2c(C)noc2C)cc1. The first-order valence-corrected chi connectivity index (χ1v) is 7.89. The van der Waals surface area contributed by atoms with E-state index in [1.54, 1.807) is 31.1 Å². The van der Waals surface area contributed by atoms with Crippen molar-refractivity contribution in [1.82, 2.24) is 15.4 Å². The van der Waals surface area contributed by atoms with Gasteiger partial charge in [-0.25, -0.2) is 0 Å². The topological polar surface area (TPSA) is 75.4 Å². The molecule has 0 saturated carbocycles. The lowest BCUT2D eigenvalue weighted by Gasteiger charge is -2.17. The summed E-state index contributed by atoms with van der Waals surface area (Å²) >= 11 is 0. The molecule has 6 heteroatoms. The first-order valence-electron chi connectivity index (χ1n) is 7.89. The fourth-order valence-electron chi connectivity index (χ4n) is 2.55. The van der Waals surface area contributed by atoms with Gasteiger partial charge in [-0.3, -0.25) is 9.59 Å². The number of hydrogen-bond acceptors (Lipinski definition) is 4. The first-order chi connectivity index (χ1) is 11.4. The highest BCUT2D eigenvalue weighted by atomic mass is 16.5. The van der Waals surface area contributed by atoms with Crippen LogP contribution in [0.25, 0.3) is 0 Å². The molecule has 1 aromatic carbocycles. The smallest absolute Gasteiger partial charge is 0.251 e. The second-order valence-corrected chi connectivity index (χ2v) is 5.83. The molecule has 0 saturated heterocycles. The van der Waals surface area contributed by atoms with E-state index in [4.69, 9.17) is 4.52 Å². The molecule has 6 nitrogen and oxygen atoms in total. The van der Waals surface area contributed by atoms with Gasteiger partial charge in [-0.05, 0) is 38.0 Å². The van der Waals surface area contributed by atoms with E-state index in [1.165, 1.54) is 0 Å². The van der Waals surface area contributed by atoms with E-state index in [-0.39, 0.29) is 11.8 Å². The minimum absolute atomic E-state index is 0.0605. The van der Waals surface area contributed by atoms with Crippen LogP contribution in [0.5, 0.6) is 0 Å². The van der Waals surface area contributed by atoms with Crippen LogP contribution in [0, 0.1) is 13.8 Å².